The zero-order valence-corrected chi connectivity index (χ0v) is 12.1. The molecule has 0 bridgehead atoms. The molecule has 4 nitrogen and oxygen atoms in total. The Bertz CT molecular complexity index is 454. The molecule has 0 atom stereocenters. The summed E-state index contributed by atoms with van der Waals surface area (Å²) in [4.78, 5) is 23.4. The SMILES string of the molecule is O=C(CCc1cc(Br)cs1)NC1CC(C(=O)O)C1. The first kappa shape index (κ1) is 13.5. The van der Waals surface area contributed by atoms with E-state index in [1.807, 2.05) is 11.4 Å². The van der Waals surface area contributed by atoms with Crippen molar-refractivity contribution in [1.82, 2.24) is 5.32 Å². The van der Waals surface area contributed by atoms with Crippen molar-refractivity contribution in [3.05, 3.63) is 20.8 Å². The smallest absolute Gasteiger partial charge is 0.306 e. The van der Waals surface area contributed by atoms with E-state index in [2.05, 4.69) is 21.2 Å². The third kappa shape index (κ3) is 3.55. The minimum atomic E-state index is -0.760. The molecule has 1 fully saturated rings. The van der Waals surface area contributed by atoms with E-state index in [1.165, 1.54) is 4.88 Å². The van der Waals surface area contributed by atoms with Gasteiger partial charge in [-0.2, -0.15) is 0 Å². The van der Waals surface area contributed by atoms with Crippen LogP contribution in [0.3, 0.4) is 0 Å². The van der Waals surface area contributed by atoms with Gasteiger partial charge in [-0.1, -0.05) is 0 Å². The van der Waals surface area contributed by atoms with Gasteiger partial charge in [0.25, 0.3) is 0 Å². The Kier molecular flexibility index (Phi) is 4.40. The minimum Gasteiger partial charge on any atom is -0.481 e. The lowest BCUT2D eigenvalue weighted by Gasteiger charge is -2.32. The molecule has 0 radical (unpaired) electrons. The maximum Gasteiger partial charge on any atom is 0.306 e. The van der Waals surface area contributed by atoms with Gasteiger partial charge in [0.2, 0.25) is 5.91 Å². The molecule has 0 saturated heterocycles. The van der Waals surface area contributed by atoms with Crippen LogP contribution < -0.4 is 5.32 Å². The summed E-state index contributed by atoms with van der Waals surface area (Å²) in [6.07, 6.45) is 2.32. The van der Waals surface area contributed by atoms with E-state index in [-0.39, 0.29) is 17.9 Å². The number of carbonyl (C=O) groups excluding carboxylic acids is 1. The van der Waals surface area contributed by atoms with E-state index >= 15 is 0 Å². The number of aliphatic carboxylic acids is 1. The van der Waals surface area contributed by atoms with Crippen molar-refractivity contribution in [2.75, 3.05) is 0 Å². The molecule has 1 heterocycles. The molecule has 6 heteroatoms. The summed E-state index contributed by atoms with van der Waals surface area (Å²) in [5.74, 6) is -1.03. The Morgan fingerprint density at radius 3 is 2.78 bits per heavy atom. The van der Waals surface area contributed by atoms with E-state index in [0.717, 1.165) is 10.9 Å². The van der Waals surface area contributed by atoms with E-state index in [1.54, 1.807) is 11.3 Å². The van der Waals surface area contributed by atoms with Gasteiger partial charge in [-0.3, -0.25) is 9.59 Å². The second-order valence-electron chi connectivity index (χ2n) is 4.50. The number of carboxylic acid groups (broad SMARTS) is 1. The van der Waals surface area contributed by atoms with Gasteiger partial charge < -0.3 is 10.4 Å². The molecule has 98 valence electrons. The molecule has 0 aromatic carbocycles. The Hall–Kier alpha value is -0.880. The number of carboxylic acids is 1. The van der Waals surface area contributed by atoms with Crippen LogP contribution in [0.25, 0.3) is 0 Å². The van der Waals surface area contributed by atoms with Gasteiger partial charge in [0.15, 0.2) is 0 Å². The molecule has 1 saturated carbocycles. The maximum absolute atomic E-state index is 11.6. The van der Waals surface area contributed by atoms with Crippen LogP contribution in [-0.4, -0.2) is 23.0 Å². The van der Waals surface area contributed by atoms with Gasteiger partial charge in [0.1, 0.15) is 0 Å². The summed E-state index contributed by atoms with van der Waals surface area (Å²) in [5, 5.41) is 13.6. The molecule has 0 spiro atoms. The van der Waals surface area contributed by atoms with E-state index in [4.69, 9.17) is 5.11 Å². The lowest BCUT2D eigenvalue weighted by Crippen LogP contribution is -2.46. The normalized spacial score (nSPS) is 22.3. The quantitative estimate of drug-likeness (QED) is 0.870. The zero-order valence-electron chi connectivity index (χ0n) is 9.69. The molecular weight excluding hydrogens is 318 g/mol. The highest BCUT2D eigenvalue weighted by molar-refractivity contribution is 9.10. The molecular formula is C12H14BrNO3S. The van der Waals surface area contributed by atoms with Gasteiger partial charge in [-0.25, -0.2) is 0 Å². The number of hydrogen-bond acceptors (Lipinski definition) is 3. The lowest BCUT2D eigenvalue weighted by atomic mass is 9.80. The predicted molar refractivity (Wildman–Crippen MR) is 72.6 cm³/mol. The number of hydrogen-bond donors (Lipinski definition) is 2. The van der Waals surface area contributed by atoms with Crippen molar-refractivity contribution < 1.29 is 14.7 Å². The van der Waals surface area contributed by atoms with Gasteiger partial charge in [0, 0.05) is 27.2 Å². The number of thiophene rings is 1. The van der Waals surface area contributed by atoms with E-state index in [9.17, 15) is 9.59 Å². The first-order valence-corrected chi connectivity index (χ1v) is 7.47. The summed E-state index contributed by atoms with van der Waals surface area (Å²) in [5.41, 5.74) is 0. The fraction of sp³-hybridized carbons (Fsp3) is 0.500. The molecule has 2 N–H and O–H groups in total. The van der Waals surface area contributed by atoms with E-state index < -0.39 is 5.97 Å². The maximum atomic E-state index is 11.6. The number of carbonyl (C=O) groups is 2. The van der Waals surface area contributed by atoms with Crippen molar-refractivity contribution in [2.45, 2.75) is 31.7 Å². The first-order chi connectivity index (χ1) is 8.54. The minimum absolute atomic E-state index is 0.00774. The molecule has 1 aromatic heterocycles. The molecule has 1 aliphatic rings. The summed E-state index contributed by atoms with van der Waals surface area (Å²) >= 11 is 5.00. The van der Waals surface area contributed by atoms with Gasteiger partial charge >= 0.3 is 5.97 Å². The zero-order chi connectivity index (χ0) is 13.1. The standard InChI is InChI=1S/C12H14BrNO3S/c13-8-5-10(18-6-8)1-2-11(15)14-9-3-7(4-9)12(16)17/h5-7,9H,1-4H2,(H,14,15)(H,16,17). The topological polar surface area (TPSA) is 66.4 Å². The monoisotopic (exact) mass is 331 g/mol. The second-order valence-corrected chi connectivity index (χ2v) is 6.41. The van der Waals surface area contributed by atoms with Crippen molar-refractivity contribution in [2.24, 2.45) is 5.92 Å². The van der Waals surface area contributed by atoms with Crippen LogP contribution in [-0.2, 0) is 16.0 Å². The number of nitrogens with one attached hydrogen (secondary N) is 1. The number of amides is 1. The Morgan fingerprint density at radius 2 is 2.22 bits per heavy atom. The second kappa shape index (κ2) is 5.84. The fourth-order valence-corrected chi connectivity index (χ4v) is 3.41. The summed E-state index contributed by atoms with van der Waals surface area (Å²) in [6, 6.07) is 2.07. The molecule has 2 rings (SSSR count). The van der Waals surface area contributed by atoms with Crippen molar-refractivity contribution in [3.8, 4) is 0 Å². The third-order valence-corrected chi connectivity index (χ3v) is 4.83. The van der Waals surface area contributed by atoms with Crippen LogP contribution in [0, 0.1) is 5.92 Å². The Labute approximate surface area is 118 Å². The average Bonchev–Trinajstić information content (AvgIpc) is 2.65. The van der Waals surface area contributed by atoms with Crippen LogP contribution in [0.4, 0.5) is 0 Å². The van der Waals surface area contributed by atoms with E-state index in [0.29, 0.717) is 19.3 Å². The number of aryl methyl sites for hydroxylation is 1. The van der Waals surface area contributed by atoms with Crippen molar-refractivity contribution in [3.63, 3.8) is 0 Å². The average molecular weight is 332 g/mol. The van der Waals surface area contributed by atoms with Crippen LogP contribution in [0.5, 0.6) is 0 Å². The molecule has 1 amide bonds. The summed E-state index contributed by atoms with van der Waals surface area (Å²) < 4.78 is 1.05. The summed E-state index contributed by atoms with van der Waals surface area (Å²) in [7, 11) is 0. The van der Waals surface area contributed by atoms with Crippen LogP contribution in [0.1, 0.15) is 24.1 Å². The highest BCUT2D eigenvalue weighted by Crippen LogP contribution is 2.27. The van der Waals surface area contributed by atoms with Crippen LogP contribution in [0.15, 0.2) is 15.9 Å². The van der Waals surface area contributed by atoms with Crippen LogP contribution in [0.2, 0.25) is 0 Å². The predicted octanol–water partition coefficient (Wildman–Crippen LogP) is 2.42. The fourth-order valence-electron chi connectivity index (χ4n) is 1.96. The van der Waals surface area contributed by atoms with Gasteiger partial charge in [-0.15, -0.1) is 11.3 Å². The van der Waals surface area contributed by atoms with Crippen LogP contribution >= 0.6 is 27.3 Å². The first-order valence-electron chi connectivity index (χ1n) is 5.79. The number of rotatable bonds is 5. The largest absolute Gasteiger partial charge is 0.481 e. The Balaban J connectivity index is 1.66. The molecule has 0 unspecified atom stereocenters. The molecule has 18 heavy (non-hydrogen) atoms. The van der Waals surface area contributed by atoms with Gasteiger partial charge in [-0.05, 0) is 41.3 Å². The van der Waals surface area contributed by atoms with Crippen molar-refractivity contribution in [1.29, 1.82) is 0 Å². The molecule has 0 aliphatic heterocycles. The summed E-state index contributed by atoms with van der Waals surface area (Å²) in [6.45, 7) is 0. The lowest BCUT2D eigenvalue weighted by molar-refractivity contribution is -0.146. The van der Waals surface area contributed by atoms with Gasteiger partial charge in [0.05, 0.1) is 5.92 Å². The Morgan fingerprint density at radius 1 is 1.50 bits per heavy atom. The molecule has 1 aliphatic carbocycles. The molecule has 1 aromatic rings. The highest BCUT2D eigenvalue weighted by Gasteiger charge is 2.35. The number of halogens is 1. The third-order valence-electron chi connectivity index (χ3n) is 3.07. The highest BCUT2D eigenvalue weighted by atomic mass is 79.9. The van der Waals surface area contributed by atoms with Crippen molar-refractivity contribution >= 4 is 39.1 Å².